The Labute approximate surface area is 184 Å². The fraction of sp³-hybridized carbons (Fsp3) is 0.478. The summed E-state index contributed by atoms with van der Waals surface area (Å²) in [4.78, 5) is 1.15. The number of benzene rings is 2. The van der Waals surface area contributed by atoms with E-state index in [9.17, 15) is 13.2 Å². The van der Waals surface area contributed by atoms with Gasteiger partial charge in [-0.25, -0.2) is 0 Å². The first-order valence-corrected chi connectivity index (χ1v) is 11.2. The van der Waals surface area contributed by atoms with Crippen LogP contribution in [0, 0.1) is 12.3 Å². The molecule has 4 rings (SSSR count). The number of thioether (sulfide) groups is 1. The molecule has 0 N–H and O–H groups in total. The van der Waals surface area contributed by atoms with E-state index in [4.69, 9.17) is 18.9 Å². The predicted octanol–water partition coefficient (Wildman–Crippen LogP) is 6.06. The van der Waals surface area contributed by atoms with Crippen molar-refractivity contribution in [3.8, 4) is 11.5 Å². The Balaban J connectivity index is 1.24. The van der Waals surface area contributed by atoms with Gasteiger partial charge in [0.2, 0.25) is 0 Å². The summed E-state index contributed by atoms with van der Waals surface area (Å²) in [5, 5.41) is 0. The molecule has 1 aliphatic heterocycles. The Morgan fingerprint density at radius 3 is 2.35 bits per heavy atom. The van der Waals surface area contributed by atoms with Crippen molar-refractivity contribution >= 4 is 11.8 Å². The first-order chi connectivity index (χ1) is 14.7. The van der Waals surface area contributed by atoms with Gasteiger partial charge in [0, 0.05) is 16.1 Å². The molecule has 0 spiro atoms. The Kier molecular flexibility index (Phi) is 6.42. The van der Waals surface area contributed by atoms with Gasteiger partial charge >= 0.3 is 6.18 Å². The molecule has 0 atom stereocenters. The van der Waals surface area contributed by atoms with Crippen molar-refractivity contribution in [2.45, 2.75) is 50.3 Å². The average Bonchev–Trinajstić information content (AvgIpc) is 3.48. The maximum atomic E-state index is 12.7. The van der Waals surface area contributed by atoms with Gasteiger partial charge in [-0.2, -0.15) is 13.2 Å². The Bertz CT molecular complexity index is 891. The summed E-state index contributed by atoms with van der Waals surface area (Å²) in [6.45, 7) is 4.72. The average molecular weight is 455 g/mol. The summed E-state index contributed by atoms with van der Waals surface area (Å²) in [6, 6.07) is 11.0. The molecule has 2 aromatic carbocycles. The van der Waals surface area contributed by atoms with Crippen LogP contribution in [0.3, 0.4) is 0 Å². The van der Waals surface area contributed by atoms with Crippen molar-refractivity contribution < 1.29 is 32.1 Å². The van der Waals surface area contributed by atoms with Crippen molar-refractivity contribution in [1.82, 2.24) is 0 Å². The predicted molar refractivity (Wildman–Crippen MR) is 111 cm³/mol. The van der Waals surface area contributed by atoms with E-state index in [1.54, 1.807) is 11.8 Å². The molecule has 1 saturated carbocycles. The number of alkyl halides is 3. The molecule has 0 bridgehead atoms. The van der Waals surface area contributed by atoms with E-state index in [1.807, 2.05) is 26.0 Å². The molecule has 4 nitrogen and oxygen atoms in total. The van der Waals surface area contributed by atoms with Gasteiger partial charge in [-0.3, -0.25) is 0 Å². The third kappa shape index (κ3) is 5.87. The fourth-order valence-electron chi connectivity index (χ4n) is 3.27. The lowest BCUT2D eigenvalue weighted by Gasteiger charge is -2.33. The number of halogens is 3. The van der Waals surface area contributed by atoms with Gasteiger partial charge in [-0.15, -0.1) is 11.8 Å². The van der Waals surface area contributed by atoms with E-state index >= 15 is 0 Å². The first kappa shape index (κ1) is 22.3. The summed E-state index contributed by atoms with van der Waals surface area (Å²) in [6.07, 6.45) is -2.68. The smallest absolute Gasteiger partial charge is 0.416 e. The van der Waals surface area contributed by atoms with E-state index in [0.717, 1.165) is 46.9 Å². The molecular formula is C23H25F3O4S. The third-order valence-corrected chi connectivity index (χ3v) is 6.78. The zero-order chi connectivity index (χ0) is 22.1. The minimum Gasteiger partial charge on any atom is -0.493 e. The van der Waals surface area contributed by atoms with Crippen LogP contribution in [0.2, 0.25) is 0 Å². The van der Waals surface area contributed by atoms with E-state index in [2.05, 4.69) is 6.07 Å². The molecule has 1 heterocycles. The van der Waals surface area contributed by atoms with Crippen LogP contribution in [-0.4, -0.2) is 31.5 Å². The molecule has 2 aromatic rings. The lowest BCUT2D eigenvalue weighted by molar-refractivity contribution is -0.380. The molecular weight excluding hydrogens is 429 g/mol. The quantitative estimate of drug-likeness (QED) is 0.431. The highest BCUT2D eigenvalue weighted by Gasteiger charge is 2.43. The molecule has 8 heteroatoms. The largest absolute Gasteiger partial charge is 0.493 e. The van der Waals surface area contributed by atoms with Crippen LogP contribution < -0.4 is 9.47 Å². The van der Waals surface area contributed by atoms with Crippen LogP contribution in [0.25, 0.3) is 0 Å². The monoisotopic (exact) mass is 454 g/mol. The van der Waals surface area contributed by atoms with Crippen molar-refractivity contribution in [2.24, 2.45) is 5.41 Å². The van der Waals surface area contributed by atoms with Gasteiger partial charge in [-0.05, 0) is 74.7 Å². The molecule has 1 saturated heterocycles. The standard InChI is InChI=1S/C23H25F3O4S/c1-15-11-19(7-8-20(15)27-12-21-29-16(2)30-21)31-14-22(9-10-22)13-28-18-5-3-17(4-6-18)23(24,25)26/h3-8,11,16,21H,9-10,12-14H2,1-2H3. The van der Waals surface area contributed by atoms with E-state index in [-0.39, 0.29) is 18.0 Å². The van der Waals surface area contributed by atoms with Crippen molar-refractivity contribution in [3.05, 3.63) is 53.6 Å². The van der Waals surface area contributed by atoms with Crippen molar-refractivity contribution in [2.75, 3.05) is 19.0 Å². The van der Waals surface area contributed by atoms with Gasteiger partial charge in [0.1, 0.15) is 18.1 Å². The van der Waals surface area contributed by atoms with Crippen molar-refractivity contribution in [3.63, 3.8) is 0 Å². The summed E-state index contributed by atoms with van der Waals surface area (Å²) in [5.41, 5.74) is 0.455. The van der Waals surface area contributed by atoms with Gasteiger partial charge in [0.05, 0.1) is 12.2 Å². The molecule has 0 aromatic heterocycles. The van der Waals surface area contributed by atoms with Crippen LogP contribution in [0.15, 0.2) is 47.4 Å². The highest BCUT2D eigenvalue weighted by Crippen LogP contribution is 2.49. The number of hydrogen-bond acceptors (Lipinski definition) is 5. The summed E-state index contributed by atoms with van der Waals surface area (Å²) < 4.78 is 60.3. The van der Waals surface area contributed by atoms with Gasteiger partial charge in [0.25, 0.3) is 0 Å². The lowest BCUT2D eigenvalue weighted by Crippen LogP contribution is -2.42. The van der Waals surface area contributed by atoms with Crippen LogP contribution >= 0.6 is 11.8 Å². The highest BCUT2D eigenvalue weighted by atomic mass is 32.2. The molecule has 2 fully saturated rings. The zero-order valence-corrected chi connectivity index (χ0v) is 18.2. The fourth-order valence-corrected chi connectivity index (χ4v) is 4.54. The summed E-state index contributed by atoms with van der Waals surface area (Å²) in [5.74, 6) is 2.17. The van der Waals surface area contributed by atoms with Gasteiger partial charge < -0.3 is 18.9 Å². The number of hydrogen-bond donors (Lipinski definition) is 0. The minimum atomic E-state index is -4.33. The van der Waals surface area contributed by atoms with Crippen molar-refractivity contribution in [1.29, 1.82) is 0 Å². The Morgan fingerprint density at radius 1 is 1.06 bits per heavy atom. The summed E-state index contributed by atoms with van der Waals surface area (Å²) in [7, 11) is 0. The maximum Gasteiger partial charge on any atom is 0.416 e. The van der Waals surface area contributed by atoms with Crippen LogP contribution in [-0.2, 0) is 15.7 Å². The third-order valence-electron chi connectivity index (χ3n) is 5.44. The van der Waals surface area contributed by atoms with E-state index < -0.39 is 11.7 Å². The second kappa shape index (κ2) is 8.92. The Morgan fingerprint density at radius 2 is 1.77 bits per heavy atom. The molecule has 168 valence electrons. The molecule has 1 aliphatic carbocycles. The normalized spacial score (nSPS) is 22.0. The van der Waals surface area contributed by atoms with Crippen LogP contribution in [0.1, 0.15) is 30.9 Å². The minimum absolute atomic E-state index is 0.0754. The second-order valence-electron chi connectivity index (χ2n) is 8.11. The Hall–Kier alpha value is -1.90. The molecule has 0 amide bonds. The second-order valence-corrected chi connectivity index (χ2v) is 9.16. The zero-order valence-electron chi connectivity index (χ0n) is 17.4. The maximum absolute atomic E-state index is 12.7. The molecule has 0 radical (unpaired) electrons. The van der Waals surface area contributed by atoms with E-state index in [0.29, 0.717) is 19.0 Å². The number of rotatable bonds is 9. The topological polar surface area (TPSA) is 36.9 Å². The number of aryl methyl sites for hydroxylation is 1. The summed E-state index contributed by atoms with van der Waals surface area (Å²) >= 11 is 1.76. The van der Waals surface area contributed by atoms with Gasteiger partial charge in [-0.1, -0.05) is 0 Å². The molecule has 31 heavy (non-hydrogen) atoms. The van der Waals surface area contributed by atoms with Crippen LogP contribution in [0.5, 0.6) is 11.5 Å². The molecule has 2 aliphatic rings. The van der Waals surface area contributed by atoms with Crippen LogP contribution in [0.4, 0.5) is 13.2 Å². The highest BCUT2D eigenvalue weighted by molar-refractivity contribution is 7.99. The molecule has 0 unspecified atom stereocenters. The number of ether oxygens (including phenoxy) is 4. The lowest BCUT2D eigenvalue weighted by atomic mass is 10.1. The van der Waals surface area contributed by atoms with E-state index in [1.165, 1.54) is 12.1 Å². The van der Waals surface area contributed by atoms with Gasteiger partial charge in [0.15, 0.2) is 12.6 Å². The SMILES string of the molecule is Cc1cc(SCC2(COc3ccc(C(F)(F)F)cc3)CC2)ccc1OCC1OC(C)O1. The first-order valence-electron chi connectivity index (χ1n) is 10.2.